The van der Waals surface area contributed by atoms with Crippen LogP contribution in [0.2, 0.25) is 0 Å². The quantitative estimate of drug-likeness (QED) is 0.629. The van der Waals surface area contributed by atoms with E-state index in [0.717, 1.165) is 13.1 Å². The molecule has 0 saturated heterocycles. The van der Waals surface area contributed by atoms with Gasteiger partial charge in [-0.3, -0.25) is 9.69 Å². The van der Waals surface area contributed by atoms with Crippen LogP contribution in [0.3, 0.4) is 0 Å². The van der Waals surface area contributed by atoms with Gasteiger partial charge >= 0.3 is 0 Å². The fraction of sp³-hybridized carbons (Fsp3) is 0.333. The summed E-state index contributed by atoms with van der Waals surface area (Å²) in [5.41, 5.74) is 1.67. The number of carbonyl (C=O) groups is 1. The highest BCUT2D eigenvalue weighted by atomic mass is 16.5. The zero-order valence-corrected chi connectivity index (χ0v) is 13.6. The van der Waals surface area contributed by atoms with E-state index in [1.54, 1.807) is 0 Å². The maximum atomic E-state index is 12.3. The lowest BCUT2D eigenvalue weighted by molar-refractivity contribution is -0.605. The number of rotatable bonds is 7. The number of nitrogens with zero attached hydrogens (tertiary/aromatic N) is 2. The average molecular weight is 313 g/mol. The summed E-state index contributed by atoms with van der Waals surface area (Å²) in [5, 5.41) is 14.0. The van der Waals surface area contributed by atoms with Gasteiger partial charge < -0.3 is 10.5 Å². The van der Waals surface area contributed by atoms with Crippen molar-refractivity contribution in [3.05, 3.63) is 71.2 Å². The maximum absolute atomic E-state index is 12.3. The van der Waals surface area contributed by atoms with E-state index < -0.39 is 0 Å². The molecule has 0 bridgehead atoms. The molecule has 122 valence electrons. The number of carbonyl (C=O) groups excluding carboxylic acids is 1. The molecular weight excluding hydrogens is 290 g/mol. The van der Waals surface area contributed by atoms with Gasteiger partial charge in [-0.1, -0.05) is 44.2 Å². The normalized spacial score (nSPS) is 12.1. The highest BCUT2D eigenvalue weighted by Crippen LogP contribution is 2.19. The van der Waals surface area contributed by atoms with E-state index in [4.69, 9.17) is 0 Å². The van der Waals surface area contributed by atoms with Crippen molar-refractivity contribution in [2.45, 2.75) is 19.9 Å². The summed E-state index contributed by atoms with van der Waals surface area (Å²) in [6.07, 6.45) is 2.65. The number of pyridine rings is 1. The van der Waals surface area contributed by atoms with E-state index >= 15 is 0 Å². The largest absolute Gasteiger partial charge is 0.619 e. The average Bonchev–Trinajstić information content (AvgIpc) is 2.59. The Balaban J connectivity index is 2.09. The molecule has 2 aromatic rings. The molecule has 1 atom stereocenters. The van der Waals surface area contributed by atoms with Crippen molar-refractivity contribution in [1.82, 2.24) is 10.2 Å². The maximum Gasteiger partial charge on any atom is 0.251 e. The molecule has 0 fully saturated rings. The second-order valence-electron chi connectivity index (χ2n) is 5.30. The minimum Gasteiger partial charge on any atom is -0.619 e. The molecule has 5 nitrogen and oxygen atoms in total. The van der Waals surface area contributed by atoms with Crippen LogP contribution in [-0.2, 0) is 0 Å². The summed E-state index contributed by atoms with van der Waals surface area (Å²) in [6, 6.07) is 13.4. The van der Waals surface area contributed by atoms with Gasteiger partial charge in [0.15, 0.2) is 12.4 Å². The van der Waals surface area contributed by atoms with E-state index in [1.165, 1.54) is 30.1 Å². The molecule has 5 heteroatoms. The van der Waals surface area contributed by atoms with Crippen molar-refractivity contribution in [3.63, 3.8) is 0 Å². The summed E-state index contributed by atoms with van der Waals surface area (Å²) in [4.78, 5) is 14.6. The Morgan fingerprint density at radius 1 is 1.13 bits per heavy atom. The van der Waals surface area contributed by atoms with Gasteiger partial charge in [0.1, 0.15) is 0 Å². The Morgan fingerprint density at radius 2 is 1.74 bits per heavy atom. The van der Waals surface area contributed by atoms with Gasteiger partial charge in [0.05, 0.1) is 11.6 Å². The molecule has 1 aromatic heterocycles. The van der Waals surface area contributed by atoms with Crippen molar-refractivity contribution < 1.29 is 9.52 Å². The lowest BCUT2D eigenvalue weighted by Crippen LogP contribution is -2.38. The highest BCUT2D eigenvalue weighted by molar-refractivity contribution is 5.93. The molecule has 1 heterocycles. The Bertz CT molecular complexity index is 610. The molecule has 0 spiro atoms. The van der Waals surface area contributed by atoms with E-state index in [-0.39, 0.29) is 11.9 Å². The summed E-state index contributed by atoms with van der Waals surface area (Å²) in [5.74, 6) is -0.168. The van der Waals surface area contributed by atoms with Gasteiger partial charge in [0.2, 0.25) is 0 Å². The zero-order chi connectivity index (χ0) is 16.7. The zero-order valence-electron chi connectivity index (χ0n) is 13.6. The second kappa shape index (κ2) is 8.29. The molecule has 0 aliphatic heterocycles. The number of hydrogen-bond donors (Lipinski definition) is 1. The van der Waals surface area contributed by atoms with Crippen LogP contribution >= 0.6 is 0 Å². The molecular formula is C18H23N3O2. The predicted molar refractivity (Wildman–Crippen MR) is 89.8 cm³/mol. The summed E-state index contributed by atoms with van der Waals surface area (Å²) in [7, 11) is 0. The number of amides is 1. The van der Waals surface area contributed by atoms with Crippen LogP contribution in [0, 0.1) is 5.21 Å². The number of hydrogen-bond acceptors (Lipinski definition) is 3. The summed E-state index contributed by atoms with van der Waals surface area (Å²) >= 11 is 0. The van der Waals surface area contributed by atoms with Crippen LogP contribution in [0.5, 0.6) is 0 Å². The van der Waals surface area contributed by atoms with Gasteiger partial charge in [-0.25, -0.2) is 0 Å². The van der Waals surface area contributed by atoms with E-state index in [2.05, 4.69) is 36.2 Å². The fourth-order valence-corrected chi connectivity index (χ4v) is 2.65. The molecule has 1 amide bonds. The molecule has 0 aliphatic rings. The molecule has 0 aliphatic carbocycles. The molecule has 1 aromatic carbocycles. The van der Waals surface area contributed by atoms with Crippen LogP contribution in [-0.4, -0.2) is 30.4 Å². The van der Waals surface area contributed by atoms with Crippen molar-refractivity contribution in [3.8, 4) is 0 Å². The predicted octanol–water partition coefficient (Wildman–Crippen LogP) is 2.13. The molecule has 2 rings (SSSR count). The monoisotopic (exact) mass is 313 g/mol. The topological polar surface area (TPSA) is 59.3 Å². The van der Waals surface area contributed by atoms with Gasteiger partial charge in [-0.15, -0.1) is 0 Å². The molecule has 1 unspecified atom stereocenters. The van der Waals surface area contributed by atoms with Crippen molar-refractivity contribution in [1.29, 1.82) is 0 Å². The van der Waals surface area contributed by atoms with Crippen LogP contribution in [0.1, 0.15) is 35.8 Å². The van der Waals surface area contributed by atoms with Crippen molar-refractivity contribution in [2.24, 2.45) is 0 Å². The molecule has 0 radical (unpaired) electrons. The standard InChI is InChI=1S/C18H23N3O2/c1-3-20(4-2)17(15-8-6-5-7-9-15)14-19-18(22)16-10-12-21(23)13-11-16/h5-13,17H,3-4,14H2,1-2H3,(H,19,22). The fourth-order valence-electron chi connectivity index (χ4n) is 2.65. The summed E-state index contributed by atoms with van der Waals surface area (Å²) in [6.45, 7) is 6.58. The Labute approximate surface area is 137 Å². The number of likely N-dealkylation sites (N-methyl/N-ethyl adjacent to an activating group) is 1. The first-order valence-electron chi connectivity index (χ1n) is 7.91. The summed E-state index contributed by atoms with van der Waals surface area (Å²) < 4.78 is 0.666. The third kappa shape index (κ3) is 4.53. The smallest absolute Gasteiger partial charge is 0.251 e. The van der Waals surface area contributed by atoms with E-state index in [1.807, 2.05) is 18.2 Å². The number of aromatic nitrogens is 1. The Hall–Kier alpha value is -2.40. The van der Waals surface area contributed by atoms with Gasteiger partial charge in [-0.2, -0.15) is 4.73 Å². The van der Waals surface area contributed by atoms with Gasteiger partial charge in [-0.05, 0) is 18.7 Å². The van der Waals surface area contributed by atoms with E-state index in [0.29, 0.717) is 16.8 Å². The third-order valence-electron chi connectivity index (χ3n) is 3.96. The molecule has 0 saturated carbocycles. The van der Waals surface area contributed by atoms with Gasteiger partial charge in [0, 0.05) is 18.7 Å². The van der Waals surface area contributed by atoms with Crippen LogP contribution in [0.25, 0.3) is 0 Å². The number of nitrogens with one attached hydrogen (secondary N) is 1. The molecule has 1 N–H and O–H groups in total. The van der Waals surface area contributed by atoms with E-state index in [9.17, 15) is 10.0 Å². The SMILES string of the molecule is CCN(CC)C(CNC(=O)c1cc[n+]([O-])cc1)c1ccccc1. The Morgan fingerprint density at radius 3 is 2.30 bits per heavy atom. The lowest BCUT2D eigenvalue weighted by atomic mass is 10.0. The highest BCUT2D eigenvalue weighted by Gasteiger charge is 2.19. The first kappa shape index (κ1) is 17.0. The second-order valence-corrected chi connectivity index (χ2v) is 5.30. The number of benzene rings is 1. The van der Waals surface area contributed by atoms with Crippen LogP contribution < -0.4 is 10.0 Å². The minimum atomic E-state index is -0.168. The third-order valence-corrected chi connectivity index (χ3v) is 3.96. The molecule has 23 heavy (non-hydrogen) atoms. The lowest BCUT2D eigenvalue weighted by Gasteiger charge is -2.30. The van der Waals surface area contributed by atoms with Crippen molar-refractivity contribution in [2.75, 3.05) is 19.6 Å². The van der Waals surface area contributed by atoms with Gasteiger partial charge in [0.25, 0.3) is 5.91 Å². The van der Waals surface area contributed by atoms with Crippen LogP contribution in [0.15, 0.2) is 54.9 Å². The Kier molecular flexibility index (Phi) is 6.11. The van der Waals surface area contributed by atoms with Crippen LogP contribution in [0.4, 0.5) is 0 Å². The minimum absolute atomic E-state index is 0.128. The van der Waals surface area contributed by atoms with Crippen molar-refractivity contribution >= 4 is 5.91 Å². The first-order chi connectivity index (χ1) is 11.2. The first-order valence-corrected chi connectivity index (χ1v) is 7.91.